The van der Waals surface area contributed by atoms with Gasteiger partial charge in [-0.05, 0) is 119 Å². The van der Waals surface area contributed by atoms with Crippen molar-refractivity contribution in [1.29, 1.82) is 0 Å². The van der Waals surface area contributed by atoms with Gasteiger partial charge in [-0.25, -0.2) is 4.79 Å². The van der Waals surface area contributed by atoms with Crippen LogP contribution in [0.1, 0.15) is 188 Å². The number of rotatable bonds is 37. The molecule has 0 radical (unpaired) electrons. The highest BCUT2D eigenvalue weighted by Crippen LogP contribution is 2.29. The van der Waals surface area contributed by atoms with Crippen LogP contribution in [0.4, 0.5) is 0 Å². The molecule has 3 heterocycles. The van der Waals surface area contributed by atoms with Crippen molar-refractivity contribution in [1.82, 2.24) is 95.7 Å². The molecule has 131 heavy (non-hydrogen) atoms. The number of allylic oxidation sites excluding steroid dienone is 3. The number of carboxylic acid groups (broad SMARTS) is 1. The van der Waals surface area contributed by atoms with E-state index in [0.717, 1.165) is 33.3 Å². The molecule has 3 bridgehead atoms. The Morgan fingerprint density at radius 1 is 0.496 bits per heavy atom. The van der Waals surface area contributed by atoms with Crippen molar-refractivity contribution >= 4 is 146 Å². The number of aliphatic carboxylic acids is 1. The molecule has 1 aromatic rings. The zero-order valence-electron chi connectivity index (χ0n) is 78.0. The number of thioether (sulfide) groups is 1. The summed E-state index contributed by atoms with van der Waals surface area (Å²) in [5.41, 5.74) is 8.16. The van der Waals surface area contributed by atoms with Crippen LogP contribution in [0.3, 0.4) is 0 Å². The minimum Gasteiger partial charge on any atom is -0.508 e. The van der Waals surface area contributed by atoms with Gasteiger partial charge in [0.25, 0.3) is 17.7 Å². The van der Waals surface area contributed by atoms with Gasteiger partial charge in [0.05, 0.1) is 12.6 Å². The second kappa shape index (κ2) is 54.8. The first kappa shape index (κ1) is 112. The molecule has 3 aliphatic heterocycles. The number of carbonyl (C=O) groups excluding carboxylic acids is 18. The summed E-state index contributed by atoms with van der Waals surface area (Å²) in [6, 6.07) is -15.9. The van der Waals surface area contributed by atoms with E-state index in [1.807, 2.05) is 0 Å². The Bertz CT molecular complexity index is 4320. The monoisotopic (exact) mass is 1890 g/mol. The standard InChI is InChI=1S/C87H138N20O21S3/c1-19-45(14)65(101-62(109)37-90-69(110)49(18)89)81(122)92-52(23-5)70(111)91-53(24-6)71(112)104-68(48(17)22-4)84(125)105-67(47(16)21-3)82(123)93-54(25-7)72(113)103-66(46(15)20-2)83(124)99-60-39-130-131-40-61(85(126)127)100-76(117)59-38-129-41-87(36-58(97-77(60)118)75(116)102-63(43(10)11)79(120)95-56(34-42(8)9)78(119)107-87)86(128)106-64(44(12)13)80(121)96-57(35-50-29-31-51(108)32-30-50)74(115)94-55(73(114)98-59)28-26-27-33-88/h23-25,29-32,42-49,55-61,63-68,108H,19-22,26-28,33-41,88-89H2,1-18H3,(H,90,110)(H,91,111)(H,92,122)(H,93,123)(H,94,115)(H,95,120)(H,96,121)(H,97,118)(H,98,114)(H,99,124)(H,100,117)(H,101,109)(H,102,116)(H,103,113)(H,104,112)(H,105,125)(H,106,128)(H,107,119)(H,126,127)/b52-23-,53-24-,54-25-/t45-,46-,47-,48-,49-,55-,56-,57-,58?,59-,60-,61-,63-,64-,65-,66-,67-,68-,87?/m0/s1. The van der Waals surface area contributed by atoms with Gasteiger partial charge in [-0.15, -0.1) is 0 Å². The number of benzene rings is 1. The number of carbonyl (C=O) groups is 19. The van der Waals surface area contributed by atoms with Gasteiger partial charge in [-0.1, -0.05) is 175 Å². The van der Waals surface area contributed by atoms with Crippen LogP contribution in [0.15, 0.2) is 59.6 Å². The zero-order chi connectivity index (χ0) is 98.6. The highest BCUT2D eigenvalue weighted by Gasteiger charge is 2.50. The Morgan fingerprint density at radius 2 is 0.969 bits per heavy atom. The molecule has 24 N–H and O–H groups in total. The summed E-state index contributed by atoms with van der Waals surface area (Å²) >= 11 is 0.721. The maximum absolute atomic E-state index is 16.3. The van der Waals surface area contributed by atoms with Crippen molar-refractivity contribution in [3.63, 3.8) is 0 Å². The lowest BCUT2D eigenvalue weighted by Gasteiger charge is -2.39. The summed E-state index contributed by atoms with van der Waals surface area (Å²) in [4.78, 5) is 277. The SMILES string of the molecule is C/C=C(\NC(=O)/C(=C/C)NC(=O)[C@@H](NC(=O)CNC(=O)[C@H](C)N)[C@@H](C)CC)C(=O)N[C@H](C(=O)N[C@H](C(=O)N/C(=C\C)C(=O)N[C@H](C(=O)N[C@H]1CSSC[C@@H](C(=O)O)NC(=O)[C@@H]2CSCC3(CC(NC1=O)C(=O)N[C@@H](C(C)C)C(=O)N[C@@H](CC(C)C)C(=O)N3)C(=O)N[C@@H](C(C)C)C(=O)N[C@@H](Cc1ccc(O)cc1)C(=O)N[C@@H](CCCCN)C(=O)N2)[C@@H](C)CC)[C@@H](C)CC)[C@@H](C)CC. The Kier molecular flexibility index (Phi) is 47.1. The van der Waals surface area contributed by atoms with Crippen LogP contribution in [0.25, 0.3) is 0 Å². The summed E-state index contributed by atoms with van der Waals surface area (Å²) in [6.45, 7) is 28.5. The average molecular weight is 1900 g/mol. The number of nitrogens with one attached hydrogen (secondary N) is 18. The van der Waals surface area contributed by atoms with E-state index in [1.165, 1.54) is 70.2 Å². The van der Waals surface area contributed by atoms with Crippen LogP contribution in [-0.4, -0.2) is 249 Å². The molecule has 41 nitrogen and oxygen atoms in total. The topological polar surface area (TPSA) is 633 Å². The van der Waals surface area contributed by atoms with Crippen LogP contribution in [0, 0.1) is 41.4 Å². The predicted octanol–water partition coefficient (Wildman–Crippen LogP) is -1.08. The molecule has 3 aliphatic rings. The molecule has 730 valence electrons. The first-order valence-electron chi connectivity index (χ1n) is 44.4. The highest BCUT2D eigenvalue weighted by atomic mass is 33.1. The van der Waals surface area contributed by atoms with Crippen molar-refractivity contribution in [2.45, 2.75) is 279 Å². The van der Waals surface area contributed by atoms with Crippen LogP contribution in [-0.2, 0) is 97.5 Å². The molecule has 1 aromatic carbocycles. The summed E-state index contributed by atoms with van der Waals surface area (Å²) in [7, 11) is 1.59. The summed E-state index contributed by atoms with van der Waals surface area (Å²) in [6.07, 6.45) is 3.97. The Morgan fingerprint density at radius 3 is 1.48 bits per heavy atom. The quantitative estimate of drug-likeness (QED) is 0.0214. The van der Waals surface area contributed by atoms with E-state index < -0.39 is 280 Å². The number of hydrogen-bond acceptors (Lipinski definition) is 25. The Balaban J connectivity index is 1.85. The zero-order valence-corrected chi connectivity index (χ0v) is 80.5. The third-order valence-electron chi connectivity index (χ3n) is 22.8. The van der Waals surface area contributed by atoms with Gasteiger partial charge in [-0.3, -0.25) is 86.3 Å². The molecule has 3 fully saturated rings. The maximum atomic E-state index is 16.3. The van der Waals surface area contributed by atoms with Crippen molar-refractivity contribution in [2.75, 3.05) is 36.1 Å². The van der Waals surface area contributed by atoms with Gasteiger partial charge in [-0.2, -0.15) is 11.8 Å². The fraction of sp³-hybridized carbons (Fsp3) is 0.644. The summed E-state index contributed by atoms with van der Waals surface area (Å²) in [5, 5.41) is 68.4. The van der Waals surface area contributed by atoms with Gasteiger partial charge in [0, 0.05) is 35.9 Å². The number of aromatic hydroxyl groups is 1. The number of hydrogen-bond donors (Lipinski definition) is 22. The van der Waals surface area contributed by atoms with Gasteiger partial charge in [0.2, 0.25) is 88.6 Å². The molecule has 0 saturated carbocycles. The van der Waals surface area contributed by atoms with E-state index in [4.69, 9.17) is 11.5 Å². The number of phenols is 1. The summed E-state index contributed by atoms with van der Waals surface area (Å²) < 4.78 is 0. The van der Waals surface area contributed by atoms with E-state index in [0.29, 0.717) is 18.4 Å². The van der Waals surface area contributed by atoms with Crippen LogP contribution >= 0.6 is 33.3 Å². The molecule has 2 unspecified atom stereocenters. The lowest BCUT2D eigenvalue weighted by atomic mass is 9.88. The second-order valence-electron chi connectivity index (χ2n) is 34.4. The molecule has 0 aromatic heterocycles. The molecular weight excluding hydrogens is 1760 g/mol. The third kappa shape index (κ3) is 34.7. The first-order chi connectivity index (χ1) is 61.7. The Labute approximate surface area is 777 Å². The normalized spacial score (nSPS) is 23.7. The minimum absolute atomic E-state index is 0.0794. The predicted molar refractivity (Wildman–Crippen MR) is 494 cm³/mol. The molecule has 0 aliphatic carbocycles. The molecule has 19 atom stereocenters. The fourth-order valence-corrected chi connectivity index (χ4v) is 17.4. The molecule has 18 amide bonds. The van der Waals surface area contributed by atoms with E-state index in [1.54, 1.807) is 96.9 Å². The molecule has 44 heteroatoms. The van der Waals surface area contributed by atoms with Crippen LogP contribution < -0.4 is 107 Å². The minimum atomic E-state index is -2.58. The second-order valence-corrected chi connectivity index (χ2v) is 37.9. The van der Waals surface area contributed by atoms with Crippen LogP contribution in [0.2, 0.25) is 0 Å². The van der Waals surface area contributed by atoms with Crippen molar-refractivity contribution < 1.29 is 101 Å². The van der Waals surface area contributed by atoms with E-state index >= 15 is 28.8 Å². The number of phenolic OH excluding ortho intramolecular Hbond substituents is 1. The van der Waals surface area contributed by atoms with E-state index in [-0.39, 0.29) is 74.6 Å². The molecule has 4 rings (SSSR count). The lowest BCUT2D eigenvalue weighted by Crippen LogP contribution is -2.69. The average Bonchev–Trinajstić information content (AvgIpc) is 1.76. The van der Waals surface area contributed by atoms with Gasteiger partial charge in [0.1, 0.15) is 107 Å². The van der Waals surface area contributed by atoms with Gasteiger partial charge < -0.3 is 117 Å². The number of nitrogens with two attached hydrogens (primary N) is 2. The number of unbranched alkanes of at least 4 members (excludes halogenated alkanes) is 1. The number of amides is 18. The smallest absolute Gasteiger partial charge is 0.327 e. The summed E-state index contributed by atoms with van der Waals surface area (Å²) in [5.74, 6) is -25.9. The number of carboxylic acids is 1. The Hall–Kier alpha value is -10.9. The van der Waals surface area contributed by atoms with Gasteiger partial charge in [0.15, 0.2) is 0 Å². The third-order valence-corrected chi connectivity index (χ3v) is 26.5. The lowest BCUT2D eigenvalue weighted by molar-refractivity contribution is -0.141. The van der Waals surface area contributed by atoms with E-state index in [2.05, 4.69) is 95.7 Å². The van der Waals surface area contributed by atoms with Crippen molar-refractivity contribution in [2.24, 2.45) is 52.9 Å². The van der Waals surface area contributed by atoms with Gasteiger partial charge >= 0.3 is 5.97 Å². The van der Waals surface area contributed by atoms with Crippen molar-refractivity contribution in [3.05, 3.63) is 65.1 Å². The largest absolute Gasteiger partial charge is 0.508 e. The number of fused-ring (bicyclic) bond motifs is 4. The molecule has 3 saturated heterocycles. The maximum Gasteiger partial charge on any atom is 0.327 e. The van der Waals surface area contributed by atoms with Crippen molar-refractivity contribution in [3.8, 4) is 5.75 Å². The fourth-order valence-electron chi connectivity index (χ4n) is 13.8. The van der Waals surface area contributed by atoms with Crippen LogP contribution in [0.5, 0.6) is 5.75 Å². The van der Waals surface area contributed by atoms with E-state index in [9.17, 15) is 72.5 Å². The molecular formula is C87H138N20O21S3. The first-order valence-corrected chi connectivity index (χ1v) is 48.1. The molecule has 1 spiro atoms. The highest BCUT2D eigenvalue weighted by molar-refractivity contribution is 8.76.